The summed E-state index contributed by atoms with van der Waals surface area (Å²) in [6.07, 6.45) is 14.8. The number of pyridine rings is 1. The van der Waals surface area contributed by atoms with Gasteiger partial charge in [0.05, 0.1) is 0 Å². The zero-order valence-electron chi connectivity index (χ0n) is 13.5. The Morgan fingerprint density at radius 1 is 1.33 bits per heavy atom. The van der Waals surface area contributed by atoms with E-state index in [1.807, 2.05) is 12.4 Å². The van der Waals surface area contributed by atoms with Crippen LogP contribution in [0.2, 0.25) is 0 Å². The third-order valence-corrected chi connectivity index (χ3v) is 5.46. The molecule has 118 valence electrons. The number of unbranched alkanes of at least 4 members (excludes halogenated alkanes) is 1. The van der Waals surface area contributed by atoms with E-state index in [-0.39, 0.29) is 0 Å². The summed E-state index contributed by atoms with van der Waals surface area (Å²) in [5, 5.41) is 3.44. The van der Waals surface area contributed by atoms with Gasteiger partial charge >= 0.3 is 0 Å². The van der Waals surface area contributed by atoms with E-state index in [9.17, 15) is 0 Å². The molecule has 1 aromatic heterocycles. The number of nitrogens with one attached hydrogen (secondary N) is 1. The van der Waals surface area contributed by atoms with Crippen molar-refractivity contribution in [2.75, 3.05) is 13.6 Å². The zero-order chi connectivity index (χ0) is 15.1. The van der Waals surface area contributed by atoms with Gasteiger partial charge in [-0.05, 0) is 78.0 Å². The average Bonchev–Trinajstić information content (AvgIpc) is 2.47. The van der Waals surface area contributed by atoms with Gasteiger partial charge in [-0.15, -0.1) is 0 Å². The topological polar surface area (TPSA) is 24.9 Å². The van der Waals surface area contributed by atoms with Crippen LogP contribution in [0.1, 0.15) is 57.4 Å². The van der Waals surface area contributed by atoms with E-state index in [0.717, 1.165) is 23.4 Å². The fourth-order valence-electron chi connectivity index (χ4n) is 3.85. The smallest absolute Gasteiger partial charge is 0.0410 e. The van der Waals surface area contributed by atoms with E-state index in [1.54, 1.807) is 0 Å². The highest BCUT2D eigenvalue weighted by Gasteiger charge is 2.34. The molecule has 0 unspecified atom stereocenters. The summed E-state index contributed by atoms with van der Waals surface area (Å²) in [6.45, 7) is 3.42. The van der Waals surface area contributed by atoms with Crippen molar-refractivity contribution >= 4 is 15.9 Å². The number of aromatic nitrogens is 1. The average molecular weight is 353 g/mol. The lowest BCUT2D eigenvalue weighted by atomic mass is 9.66. The van der Waals surface area contributed by atoms with Crippen molar-refractivity contribution in [3.8, 4) is 0 Å². The van der Waals surface area contributed by atoms with Crippen LogP contribution in [-0.2, 0) is 6.42 Å². The van der Waals surface area contributed by atoms with E-state index in [2.05, 4.69) is 46.3 Å². The van der Waals surface area contributed by atoms with E-state index >= 15 is 0 Å². The molecule has 0 amide bonds. The van der Waals surface area contributed by atoms with Crippen molar-refractivity contribution in [3.63, 3.8) is 0 Å². The lowest BCUT2D eigenvalue weighted by Crippen LogP contribution is -2.38. The fourth-order valence-corrected chi connectivity index (χ4v) is 4.26. The summed E-state index contributed by atoms with van der Waals surface area (Å²) in [6, 6.07) is 2.23. The standard InChI is InChI=1S/C18H29BrN2/c1-3-4-5-15-6-8-18(9-7-15,14-20-2)11-16-10-17(19)13-21-12-16/h10,12-13,15,20H,3-9,11,14H2,1-2H3. The van der Waals surface area contributed by atoms with Crippen molar-refractivity contribution in [2.24, 2.45) is 11.3 Å². The SMILES string of the molecule is CCCCC1CCC(CNC)(Cc2cncc(Br)c2)CC1. The second-order valence-corrected chi connectivity index (χ2v) is 7.72. The normalized spacial score (nSPS) is 26.0. The van der Waals surface area contributed by atoms with Crippen molar-refractivity contribution in [1.82, 2.24) is 10.3 Å². The van der Waals surface area contributed by atoms with Crippen LogP contribution in [0.4, 0.5) is 0 Å². The van der Waals surface area contributed by atoms with Gasteiger partial charge in [-0.3, -0.25) is 4.98 Å². The number of nitrogens with zero attached hydrogens (tertiary/aromatic N) is 1. The Morgan fingerprint density at radius 2 is 2.10 bits per heavy atom. The van der Waals surface area contributed by atoms with Gasteiger partial charge < -0.3 is 5.32 Å². The first kappa shape index (κ1) is 17.0. The molecule has 0 aromatic carbocycles. The molecule has 1 N–H and O–H groups in total. The van der Waals surface area contributed by atoms with Gasteiger partial charge in [-0.1, -0.05) is 26.2 Å². The first-order chi connectivity index (χ1) is 10.2. The fraction of sp³-hybridized carbons (Fsp3) is 0.722. The quantitative estimate of drug-likeness (QED) is 0.748. The molecule has 1 aliphatic carbocycles. The molecule has 1 heterocycles. The van der Waals surface area contributed by atoms with Gasteiger partial charge in [0.25, 0.3) is 0 Å². The van der Waals surface area contributed by atoms with Crippen LogP contribution in [0.25, 0.3) is 0 Å². The van der Waals surface area contributed by atoms with Crippen LogP contribution in [-0.4, -0.2) is 18.6 Å². The van der Waals surface area contributed by atoms with Crippen LogP contribution in [0.3, 0.4) is 0 Å². The summed E-state index contributed by atoms with van der Waals surface area (Å²) in [5.74, 6) is 0.968. The molecule has 1 aromatic rings. The molecule has 0 saturated heterocycles. The van der Waals surface area contributed by atoms with Crippen LogP contribution in [0.5, 0.6) is 0 Å². The predicted molar refractivity (Wildman–Crippen MR) is 93.5 cm³/mol. The number of halogens is 1. The number of rotatable bonds is 7. The van der Waals surface area contributed by atoms with E-state index in [1.165, 1.54) is 50.5 Å². The Labute approximate surface area is 138 Å². The highest BCUT2D eigenvalue weighted by Crippen LogP contribution is 2.42. The Kier molecular flexibility index (Phi) is 6.69. The second kappa shape index (κ2) is 8.28. The highest BCUT2D eigenvalue weighted by atomic mass is 79.9. The summed E-state index contributed by atoms with van der Waals surface area (Å²) in [5.41, 5.74) is 1.80. The molecule has 0 bridgehead atoms. The van der Waals surface area contributed by atoms with Crippen LogP contribution in [0.15, 0.2) is 22.9 Å². The van der Waals surface area contributed by atoms with Crippen molar-refractivity contribution in [1.29, 1.82) is 0 Å². The van der Waals surface area contributed by atoms with Crippen LogP contribution < -0.4 is 5.32 Å². The monoisotopic (exact) mass is 352 g/mol. The van der Waals surface area contributed by atoms with Crippen molar-refractivity contribution in [3.05, 3.63) is 28.5 Å². The Hall–Kier alpha value is -0.410. The first-order valence-electron chi connectivity index (χ1n) is 8.41. The Balaban J connectivity index is 1.98. The first-order valence-corrected chi connectivity index (χ1v) is 9.21. The lowest BCUT2D eigenvalue weighted by Gasteiger charge is -2.40. The summed E-state index contributed by atoms with van der Waals surface area (Å²) in [7, 11) is 2.09. The summed E-state index contributed by atoms with van der Waals surface area (Å²) in [4.78, 5) is 4.33. The van der Waals surface area contributed by atoms with Crippen molar-refractivity contribution < 1.29 is 0 Å². The van der Waals surface area contributed by atoms with Crippen molar-refractivity contribution in [2.45, 2.75) is 58.3 Å². The van der Waals surface area contributed by atoms with Gasteiger partial charge in [-0.25, -0.2) is 0 Å². The molecule has 1 aliphatic rings. The third-order valence-electron chi connectivity index (χ3n) is 5.02. The minimum Gasteiger partial charge on any atom is -0.319 e. The lowest BCUT2D eigenvalue weighted by molar-refractivity contribution is 0.141. The highest BCUT2D eigenvalue weighted by molar-refractivity contribution is 9.10. The largest absolute Gasteiger partial charge is 0.319 e. The molecule has 0 atom stereocenters. The Bertz CT molecular complexity index is 425. The van der Waals surface area contributed by atoms with Crippen LogP contribution >= 0.6 is 15.9 Å². The molecule has 0 spiro atoms. The molecular formula is C18H29BrN2. The number of hydrogen-bond acceptors (Lipinski definition) is 2. The van der Waals surface area contributed by atoms with Gasteiger partial charge in [0.1, 0.15) is 0 Å². The second-order valence-electron chi connectivity index (χ2n) is 6.80. The van der Waals surface area contributed by atoms with Gasteiger partial charge in [0.2, 0.25) is 0 Å². The van der Waals surface area contributed by atoms with Crippen LogP contribution in [0, 0.1) is 11.3 Å². The molecule has 2 nitrogen and oxygen atoms in total. The Morgan fingerprint density at radius 3 is 2.71 bits per heavy atom. The molecule has 1 saturated carbocycles. The number of hydrogen-bond donors (Lipinski definition) is 1. The van der Waals surface area contributed by atoms with Gasteiger partial charge in [0, 0.05) is 23.4 Å². The molecule has 0 aliphatic heterocycles. The molecule has 21 heavy (non-hydrogen) atoms. The molecule has 0 radical (unpaired) electrons. The minimum atomic E-state index is 0.430. The predicted octanol–water partition coefficient (Wildman–Crippen LogP) is 4.97. The maximum absolute atomic E-state index is 4.33. The summed E-state index contributed by atoms with van der Waals surface area (Å²) < 4.78 is 1.09. The van der Waals surface area contributed by atoms with E-state index in [0.29, 0.717) is 5.41 Å². The zero-order valence-corrected chi connectivity index (χ0v) is 15.1. The minimum absolute atomic E-state index is 0.430. The van der Waals surface area contributed by atoms with Gasteiger partial charge in [0.15, 0.2) is 0 Å². The van der Waals surface area contributed by atoms with E-state index < -0.39 is 0 Å². The molecule has 1 fully saturated rings. The third kappa shape index (κ3) is 5.07. The maximum atomic E-state index is 4.33. The molecule has 3 heteroatoms. The van der Waals surface area contributed by atoms with Gasteiger partial charge in [-0.2, -0.15) is 0 Å². The maximum Gasteiger partial charge on any atom is 0.0410 e. The molecule has 2 rings (SSSR count). The van der Waals surface area contributed by atoms with E-state index in [4.69, 9.17) is 0 Å². The summed E-state index contributed by atoms with van der Waals surface area (Å²) >= 11 is 3.54. The molecular weight excluding hydrogens is 324 g/mol.